The van der Waals surface area contributed by atoms with Crippen LogP contribution in [0.15, 0.2) is 27.4 Å². The zero-order valence-corrected chi connectivity index (χ0v) is 21.8. The quantitative estimate of drug-likeness (QED) is 0.655. The highest BCUT2D eigenvalue weighted by molar-refractivity contribution is 5.82. The van der Waals surface area contributed by atoms with Gasteiger partial charge in [0.2, 0.25) is 0 Å². The smallest absolute Gasteiger partial charge is 0.419 e. The molecule has 2 aromatic rings. The van der Waals surface area contributed by atoms with Gasteiger partial charge in [-0.25, -0.2) is 9.59 Å². The van der Waals surface area contributed by atoms with E-state index in [9.17, 15) is 19.6 Å². The Kier molecular flexibility index (Phi) is 6.10. The maximum Gasteiger partial charge on any atom is 0.419 e. The summed E-state index contributed by atoms with van der Waals surface area (Å²) in [6.45, 7) is 6.29. The molecule has 6 rings (SSSR count). The number of nitriles is 1. The van der Waals surface area contributed by atoms with Gasteiger partial charge in [-0.1, -0.05) is 6.07 Å². The maximum absolute atomic E-state index is 13.0. The molecule has 3 aliphatic carbocycles. The second-order valence-corrected chi connectivity index (χ2v) is 12.0. The second-order valence-electron chi connectivity index (χ2n) is 12.0. The summed E-state index contributed by atoms with van der Waals surface area (Å²) in [6, 6.07) is 7.52. The fourth-order valence-electron chi connectivity index (χ4n) is 6.28. The monoisotopic (exact) mass is 510 g/mol. The minimum atomic E-state index is -0.849. The molecular weight excluding hydrogens is 476 g/mol. The number of nitrogens with zero attached hydrogens (tertiary/aromatic N) is 3. The van der Waals surface area contributed by atoms with E-state index in [0.717, 1.165) is 24.8 Å². The Morgan fingerprint density at radius 1 is 1.30 bits per heavy atom. The van der Waals surface area contributed by atoms with Gasteiger partial charge in [-0.15, -0.1) is 0 Å². The van der Waals surface area contributed by atoms with Gasteiger partial charge in [-0.05, 0) is 81.4 Å². The zero-order chi connectivity index (χ0) is 26.6. The first-order valence-corrected chi connectivity index (χ1v) is 12.8. The number of hydrogen-bond acceptors (Lipinski definition) is 7. The fraction of sp³-hybridized carbons (Fsp3) is 0.630. The summed E-state index contributed by atoms with van der Waals surface area (Å²) in [5.74, 6) is -0.754. The van der Waals surface area contributed by atoms with Crippen LogP contribution in [0.1, 0.15) is 58.4 Å². The van der Waals surface area contributed by atoms with Crippen molar-refractivity contribution in [2.24, 2.45) is 12.5 Å². The van der Waals surface area contributed by atoms with Crippen LogP contribution in [0.4, 0.5) is 4.79 Å². The molecule has 1 aromatic heterocycles. The van der Waals surface area contributed by atoms with E-state index in [2.05, 4.69) is 11.4 Å². The third-order valence-corrected chi connectivity index (χ3v) is 7.88. The minimum Gasteiger partial charge on any atom is -0.444 e. The minimum absolute atomic E-state index is 0.0256. The number of aryl methyl sites for hydroxylation is 1. The van der Waals surface area contributed by atoms with Crippen LogP contribution in [0.25, 0.3) is 11.1 Å². The first-order valence-electron chi connectivity index (χ1n) is 12.8. The van der Waals surface area contributed by atoms with Gasteiger partial charge in [0.15, 0.2) is 11.7 Å². The predicted molar refractivity (Wildman–Crippen MR) is 134 cm³/mol. The molecule has 0 radical (unpaired) electrons. The van der Waals surface area contributed by atoms with E-state index < -0.39 is 23.8 Å². The van der Waals surface area contributed by atoms with Crippen LogP contribution in [0.2, 0.25) is 0 Å². The summed E-state index contributed by atoms with van der Waals surface area (Å²) in [7, 11) is 1.70. The Morgan fingerprint density at radius 3 is 2.70 bits per heavy atom. The van der Waals surface area contributed by atoms with Gasteiger partial charge in [0.05, 0.1) is 18.1 Å². The molecule has 1 N–H and O–H groups in total. The zero-order valence-electron chi connectivity index (χ0n) is 21.8. The van der Waals surface area contributed by atoms with Crippen molar-refractivity contribution in [1.29, 1.82) is 5.26 Å². The highest BCUT2D eigenvalue weighted by Gasteiger charge is 2.68. The summed E-state index contributed by atoms with van der Waals surface area (Å²) in [4.78, 5) is 38.9. The molecule has 37 heavy (non-hydrogen) atoms. The van der Waals surface area contributed by atoms with Crippen LogP contribution in [0, 0.1) is 16.7 Å². The fourth-order valence-corrected chi connectivity index (χ4v) is 6.28. The summed E-state index contributed by atoms with van der Waals surface area (Å²) in [5, 5.41) is 12.6. The number of hydrogen-bond donors (Lipinski definition) is 1. The molecule has 4 aliphatic rings. The number of amides is 2. The van der Waals surface area contributed by atoms with Crippen molar-refractivity contribution < 1.29 is 23.5 Å². The SMILES string of the molecule is Cn1c(=O)oc2ccc(C34CC(CC(C#N)NC(=O)[C@@H]5CN(C(=O)OC(C)(C)C)CCCO5)(C3)C4)cc21. The second kappa shape index (κ2) is 8.91. The molecule has 10 heteroatoms. The molecule has 10 nitrogen and oxygen atoms in total. The Morgan fingerprint density at radius 2 is 2.03 bits per heavy atom. The highest BCUT2D eigenvalue weighted by atomic mass is 16.6. The molecule has 3 saturated carbocycles. The van der Waals surface area contributed by atoms with Crippen molar-refractivity contribution in [2.45, 2.75) is 76.0 Å². The van der Waals surface area contributed by atoms with Crippen molar-refractivity contribution in [1.82, 2.24) is 14.8 Å². The van der Waals surface area contributed by atoms with Crippen molar-refractivity contribution >= 4 is 23.1 Å². The van der Waals surface area contributed by atoms with Crippen LogP contribution in [0.5, 0.6) is 0 Å². The standard InChI is InChI=1S/C27H34N4O6/c1-25(2,3)37-24(34)31-8-5-9-35-21(13-31)22(32)29-18(12-28)11-26-14-27(15-26,16-26)17-6-7-20-19(10-17)30(4)23(33)36-20/h6-7,10,18,21H,5,8-9,11,13-16H2,1-4H3,(H,29,32)/t18?,21-,26?,27?/m0/s1. The number of benzene rings is 1. The van der Waals surface area contributed by atoms with Gasteiger partial charge < -0.3 is 24.1 Å². The van der Waals surface area contributed by atoms with E-state index in [1.807, 2.05) is 18.2 Å². The van der Waals surface area contributed by atoms with Crippen LogP contribution < -0.4 is 11.1 Å². The number of nitrogens with one attached hydrogen (secondary N) is 1. The number of ether oxygens (including phenoxy) is 2. The van der Waals surface area contributed by atoms with Crippen LogP contribution in [0.3, 0.4) is 0 Å². The Labute approximate surface area is 215 Å². The maximum atomic E-state index is 13.0. The van der Waals surface area contributed by atoms with Gasteiger partial charge in [0.1, 0.15) is 11.6 Å². The number of aromatic nitrogens is 1. The van der Waals surface area contributed by atoms with Crippen molar-refractivity contribution in [3.63, 3.8) is 0 Å². The van der Waals surface area contributed by atoms with E-state index in [4.69, 9.17) is 13.9 Å². The predicted octanol–water partition coefficient (Wildman–Crippen LogP) is 2.98. The normalized spacial score (nSPS) is 27.9. The summed E-state index contributed by atoms with van der Waals surface area (Å²) >= 11 is 0. The number of oxazole rings is 1. The molecule has 2 heterocycles. The average Bonchev–Trinajstić information content (AvgIpc) is 2.94. The van der Waals surface area contributed by atoms with Crippen LogP contribution in [-0.4, -0.2) is 58.9 Å². The number of fused-ring (bicyclic) bond motifs is 1. The topological polar surface area (TPSA) is 127 Å². The van der Waals surface area contributed by atoms with Crippen LogP contribution in [-0.2, 0) is 26.7 Å². The van der Waals surface area contributed by atoms with E-state index in [1.54, 1.807) is 27.8 Å². The largest absolute Gasteiger partial charge is 0.444 e. The van der Waals surface area contributed by atoms with E-state index in [-0.39, 0.29) is 29.0 Å². The molecule has 1 aromatic carbocycles. The van der Waals surface area contributed by atoms with E-state index >= 15 is 0 Å². The average molecular weight is 511 g/mol. The van der Waals surface area contributed by atoms with Gasteiger partial charge in [-0.2, -0.15) is 5.26 Å². The summed E-state index contributed by atoms with van der Waals surface area (Å²) in [5.41, 5.74) is 2.00. The van der Waals surface area contributed by atoms with Crippen molar-refractivity contribution in [2.75, 3.05) is 19.7 Å². The molecule has 0 spiro atoms. The van der Waals surface area contributed by atoms with Crippen LogP contribution >= 0.6 is 0 Å². The van der Waals surface area contributed by atoms with Crippen molar-refractivity contribution in [3.05, 3.63) is 34.3 Å². The number of carbonyl (C=O) groups is 2. The molecule has 198 valence electrons. The Bertz CT molecular complexity index is 1310. The molecule has 1 aliphatic heterocycles. The van der Waals surface area contributed by atoms with E-state index in [1.165, 1.54) is 15.0 Å². The Hall–Kier alpha value is -3.32. The van der Waals surface area contributed by atoms with Gasteiger partial charge in [0, 0.05) is 20.2 Å². The lowest BCUT2D eigenvalue weighted by molar-refractivity contribution is -0.151. The molecule has 2 amide bonds. The Balaban J connectivity index is 1.18. The molecule has 2 atom stereocenters. The first kappa shape index (κ1) is 25.3. The molecule has 4 fully saturated rings. The van der Waals surface area contributed by atoms with E-state index in [0.29, 0.717) is 31.6 Å². The first-order chi connectivity index (χ1) is 17.4. The van der Waals surface area contributed by atoms with Gasteiger partial charge in [-0.3, -0.25) is 9.36 Å². The van der Waals surface area contributed by atoms with Crippen molar-refractivity contribution in [3.8, 4) is 6.07 Å². The molecule has 2 bridgehead atoms. The molecule has 1 unspecified atom stereocenters. The summed E-state index contributed by atoms with van der Waals surface area (Å²) in [6.07, 6.45) is 2.69. The number of rotatable bonds is 5. The lowest BCUT2D eigenvalue weighted by Gasteiger charge is -2.72. The lowest BCUT2D eigenvalue weighted by Crippen LogP contribution is -2.66. The summed E-state index contributed by atoms with van der Waals surface area (Å²) < 4.78 is 17.9. The lowest BCUT2D eigenvalue weighted by atomic mass is 9.32. The third-order valence-electron chi connectivity index (χ3n) is 7.88. The number of carbonyl (C=O) groups excluding carboxylic acids is 2. The van der Waals surface area contributed by atoms with Gasteiger partial charge >= 0.3 is 11.8 Å². The molecule has 1 saturated heterocycles. The third kappa shape index (κ3) is 4.73. The highest BCUT2D eigenvalue weighted by Crippen LogP contribution is 2.75. The van der Waals surface area contributed by atoms with Gasteiger partial charge in [0.25, 0.3) is 5.91 Å². The molecular formula is C27H34N4O6.